The van der Waals surface area contributed by atoms with Gasteiger partial charge in [0.1, 0.15) is 0 Å². The van der Waals surface area contributed by atoms with Gasteiger partial charge >= 0.3 is 0 Å². The van der Waals surface area contributed by atoms with Gasteiger partial charge in [-0.05, 0) is 37.6 Å². The zero-order valence-electron chi connectivity index (χ0n) is 11.6. The first-order valence-electron chi connectivity index (χ1n) is 7.24. The van der Waals surface area contributed by atoms with Crippen molar-refractivity contribution in [2.45, 2.75) is 39.2 Å². The SMILES string of the molecule is CC1CCN(C(=O)CN2CCC(C)C2CO)CC1. The Morgan fingerprint density at radius 1 is 1.17 bits per heavy atom. The molecule has 0 aromatic rings. The van der Waals surface area contributed by atoms with Gasteiger partial charge in [0, 0.05) is 19.1 Å². The summed E-state index contributed by atoms with van der Waals surface area (Å²) < 4.78 is 0. The summed E-state index contributed by atoms with van der Waals surface area (Å²) in [6.45, 7) is 7.85. The highest BCUT2D eigenvalue weighted by Gasteiger charge is 2.32. The number of piperidine rings is 1. The van der Waals surface area contributed by atoms with Crippen LogP contribution in [0.5, 0.6) is 0 Å². The average Bonchev–Trinajstić information content (AvgIpc) is 2.70. The normalized spacial score (nSPS) is 30.9. The second-order valence-electron chi connectivity index (χ2n) is 6.05. The van der Waals surface area contributed by atoms with E-state index < -0.39 is 0 Å². The van der Waals surface area contributed by atoms with Crippen molar-refractivity contribution < 1.29 is 9.90 Å². The lowest BCUT2D eigenvalue weighted by Gasteiger charge is -2.33. The monoisotopic (exact) mass is 254 g/mol. The maximum absolute atomic E-state index is 12.2. The predicted molar refractivity (Wildman–Crippen MR) is 71.2 cm³/mol. The minimum absolute atomic E-state index is 0.172. The molecule has 0 spiro atoms. The van der Waals surface area contributed by atoms with Crippen molar-refractivity contribution in [2.75, 3.05) is 32.8 Å². The van der Waals surface area contributed by atoms with Gasteiger partial charge in [-0.15, -0.1) is 0 Å². The first-order chi connectivity index (χ1) is 8.61. The number of nitrogens with zero attached hydrogens (tertiary/aromatic N) is 2. The molecule has 2 unspecified atom stereocenters. The third kappa shape index (κ3) is 3.04. The average molecular weight is 254 g/mol. The Morgan fingerprint density at radius 3 is 2.44 bits per heavy atom. The Labute approximate surface area is 110 Å². The Bertz CT molecular complexity index is 288. The number of rotatable bonds is 3. The van der Waals surface area contributed by atoms with Crippen LogP contribution in [0.2, 0.25) is 0 Å². The molecular formula is C14H26N2O2. The molecule has 0 bridgehead atoms. The van der Waals surface area contributed by atoms with E-state index in [-0.39, 0.29) is 18.6 Å². The number of likely N-dealkylation sites (tertiary alicyclic amines) is 2. The van der Waals surface area contributed by atoms with E-state index in [4.69, 9.17) is 0 Å². The highest BCUT2D eigenvalue weighted by atomic mass is 16.3. The fourth-order valence-electron chi connectivity index (χ4n) is 3.11. The second-order valence-corrected chi connectivity index (χ2v) is 6.05. The number of aliphatic hydroxyl groups is 1. The standard InChI is InChI=1S/C14H26N2O2/c1-11-3-6-15(7-4-11)14(18)9-16-8-5-12(2)13(16)10-17/h11-13,17H,3-10H2,1-2H3. The molecule has 2 fully saturated rings. The molecule has 4 nitrogen and oxygen atoms in total. The van der Waals surface area contributed by atoms with Crippen LogP contribution >= 0.6 is 0 Å². The van der Waals surface area contributed by atoms with Crippen molar-refractivity contribution in [1.29, 1.82) is 0 Å². The van der Waals surface area contributed by atoms with Crippen LogP contribution in [0.4, 0.5) is 0 Å². The van der Waals surface area contributed by atoms with Crippen molar-refractivity contribution in [2.24, 2.45) is 11.8 Å². The van der Waals surface area contributed by atoms with Gasteiger partial charge in [-0.25, -0.2) is 0 Å². The third-order valence-electron chi connectivity index (χ3n) is 4.66. The van der Waals surface area contributed by atoms with E-state index in [0.29, 0.717) is 12.5 Å². The van der Waals surface area contributed by atoms with Crippen molar-refractivity contribution in [3.05, 3.63) is 0 Å². The molecule has 4 heteroatoms. The van der Waals surface area contributed by atoms with Gasteiger partial charge in [-0.1, -0.05) is 13.8 Å². The molecule has 1 N–H and O–H groups in total. The maximum atomic E-state index is 12.2. The lowest BCUT2D eigenvalue weighted by Crippen LogP contribution is -2.46. The molecule has 0 aliphatic carbocycles. The van der Waals surface area contributed by atoms with Crippen LogP contribution < -0.4 is 0 Å². The van der Waals surface area contributed by atoms with Crippen LogP contribution in [0.3, 0.4) is 0 Å². The first-order valence-corrected chi connectivity index (χ1v) is 7.24. The summed E-state index contributed by atoms with van der Waals surface area (Å²) in [5.41, 5.74) is 0. The van der Waals surface area contributed by atoms with Crippen LogP contribution in [-0.4, -0.2) is 59.6 Å². The number of hydrogen-bond donors (Lipinski definition) is 1. The lowest BCUT2D eigenvalue weighted by molar-refractivity contribution is -0.134. The predicted octanol–water partition coefficient (Wildman–Crippen LogP) is 0.948. The highest BCUT2D eigenvalue weighted by molar-refractivity contribution is 5.78. The molecule has 104 valence electrons. The molecule has 0 radical (unpaired) electrons. The molecule has 2 saturated heterocycles. The van der Waals surface area contributed by atoms with E-state index in [9.17, 15) is 9.90 Å². The van der Waals surface area contributed by atoms with E-state index in [1.165, 1.54) is 0 Å². The zero-order chi connectivity index (χ0) is 13.1. The topological polar surface area (TPSA) is 43.8 Å². The first kappa shape index (κ1) is 13.8. The van der Waals surface area contributed by atoms with Gasteiger partial charge in [-0.2, -0.15) is 0 Å². The van der Waals surface area contributed by atoms with Gasteiger partial charge in [0.25, 0.3) is 0 Å². The molecule has 2 aliphatic rings. The van der Waals surface area contributed by atoms with Gasteiger partial charge < -0.3 is 10.0 Å². The maximum Gasteiger partial charge on any atom is 0.236 e. The van der Waals surface area contributed by atoms with Crippen LogP contribution in [-0.2, 0) is 4.79 Å². The van der Waals surface area contributed by atoms with E-state index in [0.717, 1.165) is 44.8 Å². The number of hydrogen-bond acceptors (Lipinski definition) is 3. The Hall–Kier alpha value is -0.610. The lowest BCUT2D eigenvalue weighted by atomic mass is 9.99. The third-order valence-corrected chi connectivity index (χ3v) is 4.66. The van der Waals surface area contributed by atoms with E-state index in [1.807, 2.05) is 4.90 Å². The summed E-state index contributed by atoms with van der Waals surface area (Å²) in [7, 11) is 0. The van der Waals surface area contributed by atoms with Gasteiger partial charge in [0.15, 0.2) is 0 Å². The van der Waals surface area contributed by atoms with Crippen molar-refractivity contribution >= 4 is 5.91 Å². The van der Waals surface area contributed by atoms with Crippen LogP contribution in [0, 0.1) is 11.8 Å². The number of carbonyl (C=O) groups excluding carboxylic acids is 1. The largest absolute Gasteiger partial charge is 0.395 e. The van der Waals surface area contributed by atoms with Crippen molar-refractivity contribution in [1.82, 2.24) is 9.80 Å². The molecule has 2 heterocycles. The fourth-order valence-corrected chi connectivity index (χ4v) is 3.11. The minimum atomic E-state index is 0.172. The van der Waals surface area contributed by atoms with Crippen LogP contribution in [0.15, 0.2) is 0 Å². The molecule has 2 atom stereocenters. The van der Waals surface area contributed by atoms with Crippen LogP contribution in [0.1, 0.15) is 33.1 Å². The molecule has 0 aromatic carbocycles. The molecule has 2 aliphatic heterocycles. The summed E-state index contributed by atoms with van der Waals surface area (Å²) in [5, 5.41) is 9.40. The zero-order valence-corrected chi connectivity index (χ0v) is 11.6. The Kier molecular flexibility index (Phi) is 4.62. The fraction of sp³-hybridized carbons (Fsp3) is 0.929. The summed E-state index contributed by atoms with van der Waals surface area (Å²) in [6.07, 6.45) is 3.35. The second kappa shape index (κ2) is 6.02. The summed E-state index contributed by atoms with van der Waals surface area (Å²) >= 11 is 0. The summed E-state index contributed by atoms with van der Waals surface area (Å²) in [4.78, 5) is 16.4. The Balaban J connectivity index is 1.84. The van der Waals surface area contributed by atoms with E-state index >= 15 is 0 Å². The smallest absolute Gasteiger partial charge is 0.236 e. The number of aliphatic hydroxyl groups excluding tert-OH is 1. The molecule has 0 saturated carbocycles. The van der Waals surface area contributed by atoms with Crippen molar-refractivity contribution in [3.8, 4) is 0 Å². The molecule has 2 rings (SSSR count). The van der Waals surface area contributed by atoms with E-state index in [1.54, 1.807) is 0 Å². The Morgan fingerprint density at radius 2 is 1.83 bits per heavy atom. The van der Waals surface area contributed by atoms with Gasteiger partial charge in [-0.3, -0.25) is 9.69 Å². The van der Waals surface area contributed by atoms with Gasteiger partial charge in [0.2, 0.25) is 5.91 Å². The van der Waals surface area contributed by atoms with E-state index in [2.05, 4.69) is 18.7 Å². The highest BCUT2D eigenvalue weighted by Crippen LogP contribution is 2.24. The minimum Gasteiger partial charge on any atom is -0.395 e. The summed E-state index contributed by atoms with van der Waals surface area (Å²) in [6, 6.07) is 0.178. The molecule has 18 heavy (non-hydrogen) atoms. The number of carbonyl (C=O) groups is 1. The molecule has 1 amide bonds. The van der Waals surface area contributed by atoms with Crippen LogP contribution in [0.25, 0.3) is 0 Å². The van der Waals surface area contributed by atoms with Gasteiger partial charge in [0.05, 0.1) is 13.2 Å². The quantitative estimate of drug-likeness (QED) is 0.815. The van der Waals surface area contributed by atoms with Crippen molar-refractivity contribution in [3.63, 3.8) is 0 Å². The summed E-state index contributed by atoms with van der Waals surface area (Å²) in [5.74, 6) is 1.50. The molecular weight excluding hydrogens is 228 g/mol. The molecule has 0 aromatic heterocycles. The number of amides is 1.